The lowest BCUT2D eigenvalue weighted by molar-refractivity contribution is -0.576. The number of hydrogen-bond acceptors (Lipinski definition) is 3. The van der Waals surface area contributed by atoms with E-state index in [9.17, 15) is 18.8 Å². The lowest BCUT2D eigenvalue weighted by Gasteiger charge is -2.13. The average Bonchev–Trinajstić information content (AvgIpc) is 3.33. The summed E-state index contributed by atoms with van der Waals surface area (Å²) in [4.78, 5) is 42.1. The van der Waals surface area contributed by atoms with E-state index in [2.05, 4.69) is 5.10 Å². The number of nitrogens with one attached hydrogen (secondary N) is 1. The fourth-order valence-electron chi connectivity index (χ4n) is 4.25. The third-order valence-corrected chi connectivity index (χ3v) is 5.95. The number of rotatable bonds is 6. The van der Waals surface area contributed by atoms with E-state index in [1.165, 1.54) is 28.9 Å². The first kappa shape index (κ1) is 22.2. The van der Waals surface area contributed by atoms with Gasteiger partial charge in [-0.25, -0.2) is 9.07 Å². The number of aromatic amines is 1. The molecule has 0 spiro atoms. The highest BCUT2D eigenvalue weighted by Crippen LogP contribution is 2.31. The number of carbonyl (C=O) groups excluding carboxylic acids is 2. The largest absolute Gasteiger partial charge is 0.327 e. The Morgan fingerprint density at radius 1 is 0.857 bits per heavy atom. The number of nitrogens with zero attached hydrogens (tertiary/aromatic N) is 3. The van der Waals surface area contributed by atoms with E-state index in [-0.39, 0.29) is 23.4 Å². The Bertz CT molecular complexity index is 1500. The SMILES string of the molecule is CCc1[nH]n(-c2ccc(F)cc2)c(=O)c1C1=C([n+]2ccccc2)C(=O)N(Cc2ccccc2)C1=O. The molecule has 1 N–H and O–H groups in total. The number of pyridine rings is 1. The Morgan fingerprint density at radius 3 is 2.17 bits per heavy atom. The van der Waals surface area contributed by atoms with Crippen LogP contribution in [0.15, 0.2) is 90.0 Å². The van der Waals surface area contributed by atoms with Crippen LogP contribution in [0.4, 0.5) is 4.39 Å². The maximum atomic E-state index is 13.7. The van der Waals surface area contributed by atoms with Crippen LogP contribution < -0.4 is 10.1 Å². The third-order valence-electron chi connectivity index (χ3n) is 5.95. The molecule has 0 radical (unpaired) electrons. The zero-order valence-corrected chi connectivity index (χ0v) is 18.9. The van der Waals surface area contributed by atoms with Gasteiger partial charge in [0.2, 0.25) is 0 Å². The van der Waals surface area contributed by atoms with Gasteiger partial charge in [0, 0.05) is 17.8 Å². The normalized spacial score (nSPS) is 13.7. The number of imide groups is 1. The molecule has 0 aliphatic carbocycles. The van der Waals surface area contributed by atoms with Crippen molar-refractivity contribution in [3.8, 4) is 5.69 Å². The molecule has 0 saturated heterocycles. The molecule has 0 fully saturated rings. The molecular formula is C27H22FN4O3+. The molecular weight excluding hydrogens is 447 g/mol. The molecule has 174 valence electrons. The van der Waals surface area contributed by atoms with Gasteiger partial charge in [0.1, 0.15) is 11.4 Å². The second kappa shape index (κ2) is 8.98. The van der Waals surface area contributed by atoms with Crippen molar-refractivity contribution in [1.82, 2.24) is 14.7 Å². The van der Waals surface area contributed by atoms with Crippen molar-refractivity contribution in [3.05, 3.63) is 118 Å². The minimum atomic E-state index is -0.540. The van der Waals surface area contributed by atoms with Crippen LogP contribution in [-0.2, 0) is 22.6 Å². The number of aromatic nitrogens is 3. The van der Waals surface area contributed by atoms with Gasteiger partial charge in [0.05, 0.1) is 17.8 Å². The van der Waals surface area contributed by atoms with Gasteiger partial charge in [-0.1, -0.05) is 43.3 Å². The molecule has 0 atom stereocenters. The first-order valence-corrected chi connectivity index (χ1v) is 11.2. The van der Waals surface area contributed by atoms with Crippen molar-refractivity contribution < 1.29 is 18.5 Å². The monoisotopic (exact) mass is 469 g/mol. The van der Waals surface area contributed by atoms with Gasteiger partial charge in [-0.2, -0.15) is 4.57 Å². The minimum Gasteiger partial charge on any atom is -0.294 e. The highest BCUT2D eigenvalue weighted by atomic mass is 19.1. The Morgan fingerprint density at radius 2 is 1.51 bits per heavy atom. The maximum absolute atomic E-state index is 13.7. The van der Waals surface area contributed by atoms with Crippen LogP contribution in [0.3, 0.4) is 0 Å². The van der Waals surface area contributed by atoms with E-state index in [0.29, 0.717) is 17.8 Å². The predicted molar refractivity (Wildman–Crippen MR) is 127 cm³/mol. The average molecular weight is 469 g/mol. The fourth-order valence-corrected chi connectivity index (χ4v) is 4.25. The smallest absolute Gasteiger partial charge is 0.294 e. The Kier molecular flexibility index (Phi) is 5.70. The Hall–Kier alpha value is -4.59. The second-order valence-corrected chi connectivity index (χ2v) is 8.12. The summed E-state index contributed by atoms with van der Waals surface area (Å²) in [7, 11) is 0. The molecule has 0 bridgehead atoms. The van der Waals surface area contributed by atoms with Crippen LogP contribution >= 0.6 is 0 Å². The van der Waals surface area contributed by atoms with E-state index in [0.717, 1.165) is 10.5 Å². The Labute approximate surface area is 200 Å². The van der Waals surface area contributed by atoms with Gasteiger partial charge >= 0.3 is 5.91 Å². The topological polar surface area (TPSA) is 79.1 Å². The summed E-state index contributed by atoms with van der Waals surface area (Å²) in [5.74, 6) is -1.45. The maximum Gasteiger partial charge on any atom is 0.327 e. The van der Waals surface area contributed by atoms with E-state index in [4.69, 9.17) is 0 Å². The molecule has 2 amide bonds. The van der Waals surface area contributed by atoms with Crippen LogP contribution in [0.2, 0.25) is 0 Å². The molecule has 7 nitrogen and oxygen atoms in total. The molecule has 0 unspecified atom stereocenters. The van der Waals surface area contributed by atoms with Crippen molar-refractivity contribution in [2.45, 2.75) is 19.9 Å². The minimum absolute atomic E-state index is 0.0427. The lowest BCUT2D eigenvalue weighted by atomic mass is 10.0. The van der Waals surface area contributed by atoms with Gasteiger partial charge in [0.25, 0.3) is 17.2 Å². The van der Waals surface area contributed by atoms with Gasteiger partial charge in [-0.05, 0) is 36.2 Å². The fraction of sp³-hybridized carbons (Fsp3) is 0.111. The highest BCUT2D eigenvalue weighted by Gasteiger charge is 2.47. The molecule has 2 aromatic carbocycles. The molecule has 5 rings (SSSR count). The van der Waals surface area contributed by atoms with E-state index in [1.54, 1.807) is 35.2 Å². The van der Waals surface area contributed by atoms with Crippen LogP contribution in [0.1, 0.15) is 23.7 Å². The van der Waals surface area contributed by atoms with Crippen LogP contribution in [0.5, 0.6) is 0 Å². The van der Waals surface area contributed by atoms with Crippen molar-refractivity contribution in [2.24, 2.45) is 0 Å². The van der Waals surface area contributed by atoms with E-state index in [1.807, 2.05) is 37.3 Å². The van der Waals surface area contributed by atoms with Crippen LogP contribution in [-0.4, -0.2) is 26.5 Å². The summed E-state index contributed by atoms with van der Waals surface area (Å²) >= 11 is 0. The standard InChI is InChI=1S/C27H21FN4O3/c1-2-21-22(26(34)32(29-21)20-13-11-19(28)12-14-20)23-24(30-15-7-4-8-16-30)27(35)31(25(23)33)17-18-9-5-3-6-10-18/h3-16H,2,17H2,1H3/p+1. The summed E-state index contributed by atoms with van der Waals surface area (Å²) in [6, 6.07) is 20.0. The number of amides is 2. The van der Waals surface area contributed by atoms with Crippen LogP contribution in [0.25, 0.3) is 17.0 Å². The van der Waals surface area contributed by atoms with Crippen LogP contribution in [0, 0.1) is 5.82 Å². The highest BCUT2D eigenvalue weighted by molar-refractivity contribution is 6.44. The van der Waals surface area contributed by atoms with Crippen molar-refractivity contribution in [1.29, 1.82) is 0 Å². The van der Waals surface area contributed by atoms with Crippen molar-refractivity contribution in [3.63, 3.8) is 0 Å². The number of hydrogen-bond donors (Lipinski definition) is 1. The number of aryl methyl sites for hydroxylation is 1. The predicted octanol–water partition coefficient (Wildman–Crippen LogP) is 3.09. The first-order valence-electron chi connectivity index (χ1n) is 11.2. The number of H-pyrrole nitrogens is 1. The zero-order valence-electron chi connectivity index (χ0n) is 18.9. The summed E-state index contributed by atoms with van der Waals surface area (Å²) in [5, 5.41) is 3.04. The van der Waals surface area contributed by atoms with Gasteiger partial charge in [0.15, 0.2) is 12.4 Å². The molecule has 1 aliphatic rings. The zero-order chi connectivity index (χ0) is 24.5. The lowest BCUT2D eigenvalue weighted by Crippen LogP contribution is -2.39. The van der Waals surface area contributed by atoms with Gasteiger partial charge in [-0.3, -0.25) is 24.4 Å². The summed E-state index contributed by atoms with van der Waals surface area (Å²) < 4.78 is 16.3. The van der Waals surface area contributed by atoms with Gasteiger partial charge in [-0.15, -0.1) is 0 Å². The summed E-state index contributed by atoms with van der Waals surface area (Å²) in [6.07, 6.45) is 3.75. The van der Waals surface area contributed by atoms with E-state index < -0.39 is 23.2 Å². The Balaban J connectivity index is 1.70. The third kappa shape index (κ3) is 3.89. The number of halogens is 1. The quantitative estimate of drug-likeness (QED) is 0.348. The molecule has 3 heterocycles. The van der Waals surface area contributed by atoms with E-state index >= 15 is 0 Å². The van der Waals surface area contributed by atoms with Crippen molar-refractivity contribution in [2.75, 3.05) is 0 Å². The molecule has 2 aromatic heterocycles. The first-order chi connectivity index (χ1) is 17.0. The molecule has 1 aliphatic heterocycles. The molecule has 8 heteroatoms. The number of carbonyl (C=O) groups is 2. The number of benzene rings is 2. The molecule has 4 aromatic rings. The summed E-state index contributed by atoms with van der Waals surface area (Å²) in [5.41, 5.74) is 1.53. The molecule has 0 saturated carbocycles. The van der Waals surface area contributed by atoms with Gasteiger partial charge < -0.3 is 0 Å². The summed E-state index contributed by atoms with van der Waals surface area (Å²) in [6.45, 7) is 1.93. The molecule has 35 heavy (non-hydrogen) atoms. The second-order valence-electron chi connectivity index (χ2n) is 8.12. The van der Waals surface area contributed by atoms with Crippen molar-refractivity contribution >= 4 is 23.1 Å².